The van der Waals surface area contributed by atoms with Crippen LogP contribution in [0.1, 0.15) is 19.8 Å². The summed E-state index contributed by atoms with van der Waals surface area (Å²) in [5.41, 5.74) is 0.866. The fourth-order valence-electron chi connectivity index (χ4n) is 3.59. The normalized spacial score (nSPS) is 24.7. The maximum Gasteiger partial charge on any atom is 0.319 e. The summed E-state index contributed by atoms with van der Waals surface area (Å²) in [4.78, 5) is 14.9. The summed E-state index contributed by atoms with van der Waals surface area (Å²) < 4.78 is 0. The lowest BCUT2D eigenvalue weighted by Crippen LogP contribution is -2.42. The Morgan fingerprint density at radius 2 is 1.87 bits per heavy atom. The highest BCUT2D eigenvalue weighted by Gasteiger charge is 2.38. The van der Waals surface area contributed by atoms with Crippen LogP contribution in [0.3, 0.4) is 0 Å². The first kappa shape index (κ1) is 14.5. The molecule has 0 aromatic heterocycles. The Balaban J connectivity index is 1.43. The number of benzene rings is 2. The molecule has 0 radical (unpaired) electrons. The Morgan fingerprint density at radius 3 is 2.70 bits per heavy atom. The minimum Gasteiger partial charge on any atom is -0.334 e. The molecule has 2 aliphatic rings. The number of nitrogens with one attached hydrogen (secondary N) is 2. The third-order valence-electron chi connectivity index (χ3n) is 5.06. The van der Waals surface area contributed by atoms with Crippen LogP contribution in [0.2, 0.25) is 0 Å². The number of anilines is 1. The highest BCUT2D eigenvalue weighted by molar-refractivity contribution is 6.01. The third-order valence-corrected chi connectivity index (χ3v) is 5.06. The van der Waals surface area contributed by atoms with Crippen molar-refractivity contribution in [3.8, 4) is 0 Å². The van der Waals surface area contributed by atoms with Crippen LogP contribution in [-0.4, -0.2) is 36.1 Å². The molecule has 2 atom stereocenters. The number of rotatable bonds is 3. The molecule has 4 rings (SSSR count). The molecule has 4 heteroatoms. The van der Waals surface area contributed by atoms with E-state index in [9.17, 15) is 4.79 Å². The minimum atomic E-state index is -0.101. The fourth-order valence-corrected chi connectivity index (χ4v) is 3.59. The molecule has 2 fully saturated rings. The van der Waals surface area contributed by atoms with E-state index >= 15 is 0 Å². The second kappa shape index (κ2) is 5.85. The van der Waals surface area contributed by atoms with Crippen molar-refractivity contribution >= 4 is 22.5 Å². The summed E-state index contributed by atoms with van der Waals surface area (Å²) >= 11 is 0. The molecule has 1 aliphatic heterocycles. The fraction of sp³-hybridized carbons (Fsp3) is 0.421. The van der Waals surface area contributed by atoms with Crippen molar-refractivity contribution in [1.29, 1.82) is 0 Å². The monoisotopic (exact) mass is 309 g/mol. The maximum absolute atomic E-state index is 12.4. The lowest BCUT2D eigenvalue weighted by Gasteiger charge is -2.18. The van der Waals surface area contributed by atoms with Crippen LogP contribution in [0.15, 0.2) is 42.5 Å². The van der Waals surface area contributed by atoms with E-state index in [0.29, 0.717) is 5.92 Å². The molecule has 23 heavy (non-hydrogen) atoms. The molecule has 2 N–H and O–H groups in total. The molecule has 0 bridgehead atoms. The van der Waals surface area contributed by atoms with Gasteiger partial charge >= 0.3 is 6.03 Å². The first-order valence-corrected chi connectivity index (χ1v) is 8.50. The zero-order chi connectivity index (χ0) is 15.8. The van der Waals surface area contributed by atoms with Gasteiger partial charge in [0.25, 0.3) is 0 Å². The highest BCUT2D eigenvalue weighted by Crippen LogP contribution is 2.31. The van der Waals surface area contributed by atoms with Crippen LogP contribution in [0.25, 0.3) is 10.8 Å². The first-order chi connectivity index (χ1) is 11.2. The Kier molecular flexibility index (Phi) is 3.69. The molecule has 0 unspecified atom stereocenters. The van der Waals surface area contributed by atoms with Gasteiger partial charge < -0.3 is 10.6 Å². The van der Waals surface area contributed by atoms with Gasteiger partial charge in [-0.1, -0.05) is 43.3 Å². The number of hydrogen-bond donors (Lipinski definition) is 2. The predicted molar refractivity (Wildman–Crippen MR) is 93.6 cm³/mol. The molecule has 1 aliphatic carbocycles. The summed E-state index contributed by atoms with van der Waals surface area (Å²) in [7, 11) is 0. The van der Waals surface area contributed by atoms with E-state index in [1.165, 1.54) is 12.8 Å². The molecule has 1 saturated heterocycles. The van der Waals surface area contributed by atoms with Gasteiger partial charge in [0.15, 0.2) is 0 Å². The van der Waals surface area contributed by atoms with Crippen molar-refractivity contribution in [2.75, 3.05) is 18.4 Å². The van der Waals surface area contributed by atoms with Gasteiger partial charge in [-0.3, -0.25) is 4.90 Å². The summed E-state index contributed by atoms with van der Waals surface area (Å²) in [6.07, 6.45) is 2.64. The van der Waals surface area contributed by atoms with Crippen LogP contribution in [-0.2, 0) is 0 Å². The molecular weight excluding hydrogens is 286 g/mol. The summed E-state index contributed by atoms with van der Waals surface area (Å²) in [6, 6.07) is 15.0. The standard InChI is InChI=1S/C19H23N3O/c1-13-11-22(15-9-10-15)12-18(13)21-19(23)20-17-8-4-6-14-5-2-3-7-16(14)17/h2-8,13,15,18H,9-12H2,1H3,(H2,20,21,23)/t13-,18+/m0/s1. The molecule has 1 heterocycles. The third kappa shape index (κ3) is 3.04. The highest BCUT2D eigenvalue weighted by atomic mass is 16.2. The van der Waals surface area contributed by atoms with Crippen LogP contribution < -0.4 is 10.6 Å². The first-order valence-electron chi connectivity index (χ1n) is 8.50. The van der Waals surface area contributed by atoms with Gasteiger partial charge in [-0.2, -0.15) is 0 Å². The van der Waals surface area contributed by atoms with E-state index in [1.54, 1.807) is 0 Å². The minimum absolute atomic E-state index is 0.101. The lowest BCUT2D eigenvalue weighted by molar-refractivity contribution is 0.246. The largest absolute Gasteiger partial charge is 0.334 e. The van der Waals surface area contributed by atoms with Crippen LogP contribution in [0, 0.1) is 5.92 Å². The molecular formula is C19H23N3O. The Bertz CT molecular complexity index is 720. The zero-order valence-corrected chi connectivity index (χ0v) is 13.5. The molecule has 2 aromatic rings. The van der Waals surface area contributed by atoms with Gasteiger partial charge in [0.2, 0.25) is 0 Å². The Hall–Kier alpha value is -2.07. The lowest BCUT2D eigenvalue weighted by atomic mass is 10.1. The van der Waals surface area contributed by atoms with Crippen molar-refractivity contribution in [3.63, 3.8) is 0 Å². The molecule has 1 saturated carbocycles. The summed E-state index contributed by atoms with van der Waals surface area (Å²) in [5, 5.41) is 8.40. The topological polar surface area (TPSA) is 44.4 Å². The number of carbonyl (C=O) groups is 1. The van der Waals surface area contributed by atoms with Gasteiger partial charge in [0.1, 0.15) is 0 Å². The van der Waals surface area contributed by atoms with E-state index in [0.717, 1.165) is 35.6 Å². The quantitative estimate of drug-likeness (QED) is 0.912. The van der Waals surface area contributed by atoms with Gasteiger partial charge in [-0.15, -0.1) is 0 Å². The summed E-state index contributed by atoms with van der Waals surface area (Å²) in [6.45, 7) is 4.31. The van der Waals surface area contributed by atoms with E-state index in [1.807, 2.05) is 30.3 Å². The number of amides is 2. The van der Waals surface area contributed by atoms with Crippen LogP contribution in [0.5, 0.6) is 0 Å². The number of nitrogens with zero attached hydrogens (tertiary/aromatic N) is 1. The molecule has 4 nitrogen and oxygen atoms in total. The van der Waals surface area contributed by atoms with Gasteiger partial charge in [0, 0.05) is 30.6 Å². The second-order valence-corrected chi connectivity index (χ2v) is 6.89. The van der Waals surface area contributed by atoms with Crippen molar-refractivity contribution in [1.82, 2.24) is 10.2 Å². The molecule has 2 amide bonds. The van der Waals surface area contributed by atoms with Crippen LogP contribution in [0.4, 0.5) is 10.5 Å². The SMILES string of the molecule is C[C@H]1CN(C2CC2)C[C@H]1NC(=O)Nc1cccc2ccccc12. The average molecular weight is 309 g/mol. The number of fused-ring (bicyclic) bond motifs is 1. The Labute approximate surface area is 136 Å². The van der Waals surface area contributed by atoms with E-state index < -0.39 is 0 Å². The van der Waals surface area contributed by atoms with E-state index in [-0.39, 0.29) is 12.1 Å². The number of hydrogen-bond acceptors (Lipinski definition) is 2. The Morgan fingerprint density at radius 1 is 1.09 bits per heavy atom. The second-order valence-electron chi connectivity index (χ2n) is 6.89. The number of likely N-dealkylation sites (tertiary alicyclic amines) is 1. The summed E-state index contributed by atoms with van der Waals surface area (Å²) in [5.74, 6) is 0.508. The van der Waals surface area contributed by atoms with Crippen molar-refractivity contribution in [2.45, 2.75) is 31.8 Å². The van der Waals surface area contributed by atoms with E-state index in [2.05, 4.69) is 34.6 Å². The molecule has 0 spiro atoms. The number of urea groups is 1. The van der Waals surface area contributed by atoms with Gasteiger partial charge in [0.05, 0.1) is 5.69 Å². The molecule has 2 aromatic carbocycles. The van der Waals surface area contributed by atoms with Crippen LogP contribution >= 0.6 is 0 Å². The zero-order valence-electron chi connectivity index (χ0n) is 13.5. The van der Waals surface area contributed by atoms with E-state index in [4.69, 9.17) is 0 Å². The van der Waals surface area contributed by atoms with Crippen molar-refractivity contribution < 1.29 is 4.79 Å². The molecule has 120 valence electrons. The van der Waals surface area contributed by atoms with Gasteiger partial charge in [-0.25, -0.2) is 4.79 Å². The average Bonchev–Trinajstić information content (AvgIpc) is 3.33. The smallest absolute Gasteiger partial charge is 0.319 e. The van der Waals surface area contributed by atoms with Crippen molar-refractivity contribution in [2.24, 2.45) is 5.92 Å². The van der Waals surface area contributed by atoms with Gasteiger partial charge in [-0.05, 0) is 30.2 Å². The van der Waals surface area contributed by atoms with Crippen molar-refractivity contribution in [3.05, 3.63) is 42.5 Å². The number of carbonyl (C=O) groups excluding carboxylic acids is 1. The maximum atomic E-state index is 12.4. The predicted octanol–water partition coefficient (Wildman–Crippen LogP) is 3.44.